The van der Waals surface area contributed by atoms with Gasteiger partial charge in [0.15, 0.2) is 0 Å². The van der Waals surface area contributed by atoms with E-state index in [-0.39, 0.29) is 5.41 Å². The predicted octanol–water partition coefficient (Wildman–Crippen LogP) is 9.01. The van der Waals surface area contributed by atoms with Crippen LogP contribution in [0.15, 0.2) is 140 Å². The smallest absolute Gasteiger partial charge is 0.149 e. The molecule has 7 aromatic rings. The van der Waals surface area contributed by atoms with Crippen LogP contribution in [0.1, 0.15) is 46.1 Å². The van der Waals surface area contributed by atoms with Crippen LogP contribution >= 0.6 is 0 Å². The van der Waals surface area contributed by atoms with Gasteiger partial charge in [0.2, 0.25) is 0 Å². The number of hydrogen-bond donors (Lipinski definition) is 0. The summed E-state index contributed by atoms with van der Waals surface area (Å²) in [7, 11) is 0. The second-order valence-electron chi connectivity index (χ2n) is 11.9. The molecule has 0 unspecified atom stereocenters. The van der Waals surface area contributed by atoms with Crippen LogP contribution in [0.5, 0.6) is 0 Å². The largest absolute Gasteiger partial charge is 0.231 e. The van der Waals surface area contributed by atoms with Crippen LogP contribution in [0.4, 0.5) is 0 Å². The Kier molecular flexibility index (Phi) is 4.76. The van der Waals surface area contributed by atoms with E-state index in [1.54, 1.807) is 0 Å². The molecule has 6 aromatic carbocycles. The highest BCUT2D eigenvalue weighted by Crippen LogP contribution is 2.59. The quantitative estimate of drug-likeness (QED) is 0.206. The molecule has 1 aromatic heterocycles. The topological polar surface area (TPSA) is 25.8 Å². The van der Waals surface area contributed by atoms with Gasteiger partial charge in [0.25, 0.3) is 0 Å². The molecule has 0 aliphatic heterocycles. The third kappa shape index (κ3) is 2.94. The summed E-state index contributed by atoms with van der Waals surface area (Å²) in [6.07, 6.45) is 0.933. The van der Waals surface area contributed by atoms with E-state index in [2.05, 4.69) is 146 Å². The lowest BCUT2D eigenvalue weighted by atomic mass is 9.58. The van der Waals surface area contributed by atoms with Crippen LogP contribution in [-0.2, 0) is 17.3 Å². The fourth-order valence-corrected chi connectivity index (χ4v) is 8.01. The van der Waals surface area contributed by atoms with Crippen molar-refractivity contribution in [3.8, 4) is 11.3 Å². The fraction of sp³-hybridized carbons (Fsp3) is 0.100. The SMILES string of the molecule is CC12Cc3ccccc3C(c3nc(-c4ccccc4)c4c(ccc5ccccc54)n3)(c3ccccc31)c1ccccc12. The highest BCUT2D eigenvalue weighted by atomic mass is 14.9. The minimum Gasteiger partial charge on any atom is -0.231 e. The molecule has 3 aliphatic carbocycles. The van der Waals surface area contributed by atoms with Gasteiger partial charge in [-0.15, -0.1) is 0 Å². The third-order valence-electron chi connectivity index (χ3n) is 9.79. The number of benzene rings is 6. The highest BCUT2D eigenvalue weighted by Gasteiger charge is 2.55. The lowest BCUT2D eigenvalue weighted by Crippen LogP contribution is -2.41. The van der Waals surface area contributed by atoms with E-state index >= 15 is 0 Å². The number of aromatic nitrogens is 2. The molecular weight excluding hydrogens is 508 g/mol. The summed E-state index contributed by atoms with van der Waals surface area (Å²) >= 11 is 0. The molecule has 0 atom stereocenters. The van der Waals surface area contributed by atoms with Crippen LogP contribution in [0.2, 0.25) is 0 Å². The van der Waals surface area contributed by atoms with Crippen LogP contribution in [0.25, 0.3) is 32.9 Å². The first kappa shape index (κ1) is 23.6. The van der Waals surface area contributed by atoms with Gasteiger partial charge in [-0.2, -0.15) is 0 Å². The standard InChI is InChI=1S/C40H28N2/c1-39-25-28-16-6-8-18-30(28)40(33-21-11-9-19-31(33)39,34-22-12-10-20-32(34)39)38-41-35-24-23-26-13-5-7-17-29(26)36(35)37(42-38)27-14-3-2-4-15-27/h2-24H,25H2,1H3. The minimum atomic E-state index is -0.650. The molecule has 2 nitrogen and oxygen atoms in total. The Morgan fingerprint density at radius 2 is 1.12 bits per heavy atom. The molecule has 0 saturated carbocycles. The van der Waals surface area contributed by atoms with Gasteiger partial charge in [0, 0.05) is 16.4 Å². The lowest BCUT2D eigenvalue weighted by Gasteiger charge is -2.45. The maximum atomic E-state index is 5.66. The van der Waals surface area contributed by atoms with E-state index < -0.39 is 5.41 Å². The van der Waals surface area contributed by atoms with Gasteiger partial charge < -0.3 is 0 Å². The Labute approximate surface area is 245 Å². The molecule has 10 rings (SSSR count). The summed E-state index contributed by atoms with van der Waals surface area (Å²) in [5.41, 5.74) is 10.2. The van der Waals surface area contributed by atoms with Crippen LogP contribution < -0.4 is 0 Å². The molecule has 0 N–H and O–H groups in total. The summed E-state index contributed by atoms with van der Waals surface area (Å²) in [4.78, 5) is 11.2. The molecule has 0 amide bonds. The van der Waals surface area contributed by atoms with Crippen molar-refractivity contribution in [2.24, 2.45) is 0 Å². The molecule has 2 bridgehead atoms. The van der Waals surface area contributed by atoms with E-state index in [9.17, 15) is 0 Å². The zero-order valence-electron chi connectivity index (χ0n) is 23.4. The van der Waals surface area contributed by atoms with Crippen molar-refractivity contribution >= 4 is 21.7 Å². The third-order valence-corrected chi connectivity index (χ3v) is 9.79. The molecule has 0 fully saturated rings. The first-order valence-electron chi connectivity index (χ1n) is 14.7. The molecule has 198 valence electrons. The van der Waals surface area contributed by atoms with Crippen molar-refractivity contribution in [1.82, 2.24) is 9.97 Å². The molecular formula is C40H28N2. The lowest BCUT2D eigenvalue weighted by molar-refractivity contribution is 0.532. The van der Waals surface area contributed by atoms with Gasteiger partial charge >= 0.3 is 0 Å². The van der Waals surface area contributed by atoms with Gasteiger partial charge in [0.1, 0.15) is 11.2 Å². The first-order valence-corrected chi connectivity index (χ1v) is 14.7. The molecule has 0 spiro atoms. The molecule has 42 heavy (non-hydrogen) atoms. The maximum absolute atomic E-state index is 5.66. The van der Waals surface area contributed by atoms with Crippen molar-refractivity contribution in [2.75, 3.05) is 0 Å². The second kappa shape index (κ2) is 8.47. The normalized spacial score (nSPS) is 20.1. The summed E-state index contributed by atoms with van der Waals surface area (Å²) in [6.45, 7) is 2.42. The molecule has 3 aliphatic rings. The predicted molar refractivity (Wildman–Crippen MR) is 171 cm³/mol. The molecule has 2 heteroatoms. The van der Waals surface area contributed by atoms with Gasteiger partial charge in [-0.05, 0) is 56.6 Å². The van der Waals surface area contributed by atoms with E-state index in [0.29, 0.717) is 0 Å². The number of rotatable bonds is 2. The van der Waals surface area contributed by atoms with Crippen molar-refractivity contribution in [1.29, 1.82) is 0 Å². The monoisotopic (exact) mass is 536 g/mol. The van der Waals surface area contributed by atoms with Crippen LogP contribution in [-0.4, -0.2) is 9.97 Å². The van der Waals surface area contributed by atoms with Crippen LogP contribution in [0.3, 0.4) is 0 Å². The van der Waals surface area contributed by atoms with Gasteiger partial charge in [-0.1, -0.05) is 140 Å². The van der Waals surface area contributed by atoms with Gasteiger partial charge in [-0.3, -0.25) is 0 Å². The van der Waals surface area contributed by atoms with Crippen molar-refractivity contribution < 1.29 is 0 Å². The second-order valence-corrected chi connectivity index (χ2v) is 11.9. The molecule has 1 heterocycles. The van der Waals surface area contributed by atoms with E-state index in [0.717, 1.165) is 34.4 Å². The van der Waals surface area contributed by atoms with Crippen molar-refractivity contribution in [3.63, 3.8) is 0 Å². The number of fused-ring (bicyclic) bond motifs is 3. The number of nitrogens with zero attached hydrogens (tertiary/aromatic N) is 2. The fourth-order valence-electron chi connectivity index (χ4n) is 8.01. The zero-order valence-corrected chi connectivity index (χ0v) is 23.4. The average molecular weight is 537 g/mol. The first-order chi connectivity index (χ1) is 20.7. The molecule has 0 radical (unpaired) electrons. The van der Waals surface area contributed by atoms with E-state index in [4.69, 9.17) is 9.97 Å². The maximum Gasteiger partial charge on any atom is 0.149 e. The Hall–Kier alpha value is -5.08. The van der Waals surface area contributed by atoms with Crippen molar-refractivity contribution in [3.05, 3.63) is 179 Å². The summed E-state index contributed by atoms with van der Waals surface area (Å²) in [5.74, 6) is 0.834. The van der Waals surface area contributed by atoms with Crippen molar-refractivity contribution in [2.45, 2.75) is 24.2 Å². The average Bonchev–Trinajstić information content (AvgIpc) is 3.22. The Balaban J connectivity index is 1.51. The Morgan fingerprint density at radius 1 is 0.524 bits per heavy atom. The summed E-state index contributed by atoms with van der Waals surface area (Å²) in [6, 6.07) is 50.6. The highest BCUT2D eigenvalue weighted by molar-refractivity contribution is 6.12. The molecule has 0 saturated heterocycles. The van der Waals surface area contributed by atoms with Crippen LogP contribution in [0, 0.1) is 0 Å². The van der Waals surface area contributed by atoms with E-state index in [1.807, 2.05) is 0 Å². The van der Waals surface area contributed by atoms with E-state index in [1.165, 1.54) is 44.2 Å². The number of hydrogen-bond acceptors (Lipinski definition) is 2. The Morgan fingerprint density at radius 3 is 1.86 bits per heavy atom. The van der Waals surface area contributed by atoms with Gasteiger partial charge in [-0.25, -0.2) is 9.97 Å². The summed E-state index contributed by atoms with van der Waals surface area (Å²) < 4.78 is 0. The summed E-state index contributed by atoms with van der Waals surface area (Å²) in [5, 5.41) is 3.47. The minimum absolute atomic E-state index is 0.154. The Bertz CT molecular complexity index is 2150. The zero-order chi connectivity index (χ0) is 27.9. The van der Waals surface area contributed by atoms with Gasteiger partial charge in [0.05, 0.1) is 11.2 Å².